The molecule has 0 saturated heterocycles. The van der Waals surface area contributed by atoms with Gasteiger partial charge >= 0.3 is 0 Å². The van der Waals surface area contributed by atoms with E-state index in [2.05, 4.69) is 52.5 Å². The van der Waals surface area contributed by atoms with E-state index in [1.54, 1.807) is 11.3 Å². The van der Waals surface area contributed by atoms with E-state index in [9.17, 15) is 0 Å². The normalized spacial score (nSPS) is 11.1. The molecule has 86 valence electrons. The van der Waals surface area contributed by atoms with Crippen LogP contribution in [0.4, 0.5) is 11.8 Å². The number of aromatic nitrogens is 2. The lowest BCUT2D eigenvalue weighted by atomic mass is 10.3. The molecule has 2 aromatic heterocycles. The molecule has 0 bridgehead atoms. The van der Waals surface area contributed by atoms with Crippen molar-refractivity contribution in [2.75, 3.05) is 24.3 Å². The minimum atomic E-state index is 0.419. The molecule has 0 fully saturated rings. The molecule has 0 aliphatic heterocycles. The number of hydrogen-bond acceptors (Lipinski definition) is 5. The number of thiophene rings is 1. The lowest BCUT2D eigenvalue weighted by Crippen LogP contribution is -2.27. The predicted octanol–water partition coefficient (Wildman–Crippen LogP) is 2.58. The van der Waals surface area contributed by atoms with Gasteiger partial charge in [-0.3, -0.25) is 0 Å². The average molecular weight is 236 g/mol. The highest BCUT2D eigenvalue weighted by Crippen LogP contribution is 2.29. The number of nitrogens with zero attached hydrogens (tertiary/aromatic N) is 3. The Kier molecular flexibility index (Phi) is 2.96. The number of hydrogen-bond donors (Lipinski definition) is 1. The first kappa shape index (κ1) is 11.1. The summed E-state index contributed by atoms with van der Waals surface area (Å²) in [5.74, 6) is 1.67. The lowest BCUT2D eigenvalue weighted by Gasteiger charge is -2.23. The first-order valence-corrected chi connectivity index (χ1v) is 6.17. The zero-order valence-corrected chi connectivity index (χ0v) is 10.8. The van der Waals surface area contributed by atoms with Crippen molar-refractivity contribution in [2.45, 2.75) is 19.9 Å². The van der Waals surface area contributed by atoms with Gasteiger partial charge < -0.3 is 10.2 Å². The van der Waals surface area contributed by atoms with Crippen LogP contribution in [0.5, 0.6) is 0 Å². The molecule has 0 amide bonds. The molecule has 2 aromatic rings. The Morgan fingerprint density at radius 2 is 2.12 bits per heavy atom. The quantitative estimate of drug-likeness (QED) is 0.889. The van der Waals surface area contributed by atoms with E-state index in [-0.39, 0.29) is 0 Å². The van der Waals surface area contributed by atoms with E-state index in [1.165, 1.54) is 0 Å². The summed E-state index contributed by atoms with van der Waals surface area (Å²) in [6.07, 6.45) is 0. The maximum Gasteiger partial charge on any atom is 0.225 e. The van der Waals surface area contributed by atoms with E-state index in [0.29, 0.717) is 12.0 Å². The molecule has 4 nitrogen and oxygen atoms in total. The standard InChI is InChI=1S/C11H16N4S/c1-7(2)15(4)9-8-5-6-16-10(8)14-11(12-3)13-9/h5-7H,1-4H3,(H,12,13,14). The molecule has 5 heteroatoms. The van der Waals surface area contributed by atoms with Gasteiger partial charge in [0.1, 0.15) is 10.6 Å². The number of rotatable bonds is 3. The molecule has 16 heavy (non-hydrogen) atoms. The smallest absolute Gasteiger partial charge is 0.225 e. The Morgan fingerprint density at radius 3 is 2.75 bits per heavy atom. The maximum atomic E-state index is 4.52. The highest BCUT2D eigenvalue weighted by Gasteiger charge is 2.13. The average Bonchev–Trinajstić information content (AvgIpc) is 2.74. The largest absolute Gasteiger partial charge is 0.357 e. The molecular weight excluding hydrogens is 220 g/mol. The summed E-state index contributed by atoms with van der Waals surface area (Å²) in [6.45, 7) is 4.30. The van der Waals surface area contributed by atoms with Crippen molar-refractivity contribution in [3.63, 3.8) is 0 Å². The van der Waals surface area contributed by atoms with Crippen LogP contribution < -0.4 is 10.2 Å². The molecule has 2 rings (SSSR count). The Morgan fingerprint density at radius 1 is 1.38 bits per heavy atom. The number of fused-ring (bicyclic) bond motifs is 1. The van der Waals surface area contributed by atoms with Crippen molar-refractivity contribution in [3.8, 4) is 0 Å². The molecular formula is C11H16N4S. The summed E-state index contributed by atoms with van der Waals surface area (Å²) in [5.41, 5.74) is 0. The summed E-state index contributed by atoms with van der Waals surface area (Å²) in [4.78, 5) is 12.1. The van der Waals surface area contributed by atoms with Crippen LogP contribution >= 0.6 is 11.3 Å². The summed E-state index contributed by atoms with van der Waals surface area (Å²) in [7, 11) is 3.90. The van der Waals surface area contributed by atoms with Crippen LogP contribution in [0.2, 0.25) is 0 Å². The second-order valence-corrected chi connectivity index (χ2v) is 4.86. The van der Waals surface area contributed by atoms with Gasteiger partial charge in [0, 0.05) is 20.1 Å². The third-order valence-electron chi connectivity index (χ3n) is 2.64. The fourth-order valence-corrected chi connectivity index (χ4v) is 2.22. The van der Waals surface area contributed by atoms with Crippen LogP contribution in [-0.2, 0) is 0 Å². The highest BCUT2D eigenvalue weighted by atomic mass is 32.1. The van der Waals surface area contributed by atoms with Crippen molar-refractivity contribution in [3.05, 3.63) is 11.4 Å². The topological polar surface area (TPSA) is 41.1 Å². The van der Waals surface area contributed by atoms with Crippen LogP contribution in [0.25, 0.3) is 10.2 Å². The Bertz CT molecular complexity index is 492. The molecule has 2 heterocycles. The second kappa shape index (κ2) is 4.25. The van der Waals surface area contributed by atoms with Gasteiger partial charge in [-0.1, -0.05) is 0 Å². The van der Waals surface area contributed by atoms with Gasteiger partial charge in [-0.05, 0) is 25.3 Å². The van der Waals surface area contributed by atoms with Crippen LogP contribution in [0.3, 0.4) is 0 Å². The van der Waals surface area contributed by atoms with E-state index in [1.807, 2.05) is 7.05 Å². The van der Waals surface area contributed by atoms with Gasteiger partial charge in [0.15, 0.2) is 0 Å². The van der Waals surface area contributed by atoms with E-state index < -0.39 is 0 Å². The van der Waals surface area contributed by atoms with Crippen LogP contribution in [-0.4, -0.2) is 30.1 Å². The summed E-state index contributed by atoms with van der Waals surface area (Å²) in [6, 6.07) is 2.50. The van der Waals surface area contributed by atoms with Crippen molar-refractivity contribution < 1.29 is 0 Å². The second-order valence-electron chi connectivity index (χ2n) is 3.96. The molecule has 0 atom stereocenters. The molecule has 0 radical (unpaired) electrons. The number of nitrogens with one attached hydrogen (secondary N) is 1. The van der Waals surface area contributed by atoms with Crippen molar-refractivity contribution in [1.82, 2.24) is 9.97 Å². The summed E-state index contributed by atoms with van der Waals surface area (Å²) < 4.78 is 0. The third kappa shape index (κ3) is 1.82. The molecule has 0 aromatic carbocycles. The van der Waals surface area contributed by atoms with Gasteiger partial charge in [-0.15, -0.1) is 11.3 Å². The molecule has 0 aliphatic carbocycles. The molecule has 0 saturated carbocycles. The fourth-order valence-electron chi connectivity index (χ4n) is 1.46. The Balaban J connectivity index is 2.60. The monoisotopic (exact) mass is 236 g/mol. The van der Waals surface area contributed by atoms with Crippen molar-refractivity contribution >= 4 is 33.3 Å². The van der Waals surface area contributed by atoms with E-state index >= 15 is 0 Å². The molecule has 0 spiro atoms. The summed E-state index contributed by atoms with van der Waals surface area (Å²) >= 11 is 1.64. The van der Waals surface area contributed by atoms with Crippen LogP contribution in [0.15, 0.2) is 11.4 Å². The van der Waals surface area contributed by atoms with E-state index in [0.717, 1.165) is 16.0 Å². The first-order valence-electron chi connectivity index (χ1n) is 5.29. The van der Waals surface area contributed by atoms with Gasteiger partial charge in [0.2, 0.25) is 5.95 Å². The van der Waals surface area contributed by atoms with E-state index in [4.69, 9.17) is 0 Å². The zero-order chi connectivity index (χ0) is 11.7. The van der Waals surface area contributed by atoms with Gasteiger partial charge in [0.25, 0.3) is 0 Å². The minimum Gasteiger partial charge on any atom is -0.357 e. The Labute approximate surface area is 99.3 Å². The van der Waals surface area contributed by atoms with Gasteiger partial charge in [0.05, 0.1) is 5.39 Å². The third-order valence-corrected chi connectivity index (χ3v) is 3.44. The van der Waals surface area contributed by atoms with Crippen molar-refractivity contribution in [2.24, 2.45) is 0 Å². The zero-order valence-electron chi connectivity index (χ0n) is 9.98. The van der Waals surface area contributed by atoms with Gasteiger partial charge in [-0.2, -0.15) is 4.98 Å². The number of anilines is 2. The highest BCUT2D eigenvalue weighted by molar-refractivity contribution is 7.16. The minimum absolute atomic E-state index is 0.419. The summed E-state index contributed by atoms with van der Waals surface area (Å²) in [5, 5.41) is 6.18. The Hall–Kier alpha value is -1.36. The first-order chi connectivity index (χ1) is 7.63. The lowest BCUT2D eigenvalue weighted by molar-refractivity contribution is 0.746. The maximum absolute atomic E-state index is 4.52. The molecule has 1 N–H and O–H groups in total. The van der Waals surface area contributed by atoms with Crippen LogP contribution in [0, 0.1) is 0 Å². The van der Waals surface area contributed by atoms with Crippen molar-refractivity contribution in [1.29, 1.82) is 0 Å². The van der Waals surface area contributed by atoms with Gasteiger partial charge in [-0.25, -0.2) is 4.98 Å². The molecule has 0 aliphatic rings. The SMILES string of the molecule is CNc1nc(N(C)C(C)C)c2ccsc2n1. The molecule has 0 unspecified atom stereocenters. The van der Waals surface area contributed by atoms with Crippen LogP contribution in [0.1, 0.15) is 13.8 Å². The predicted molar refractivity (Wildman–Crippen MR) is 70.5 cm³/mol. The fraction of sp³-hybridized carbons (Fsp3) is 0.455.